The van der Waals surface area contributed by atoms with Crippen molar-refractivity contribution in [2.24, 2.45) is 5.73 Å². The van der Waals surface area contributed by atoms with Crippen LogP contribution in [0.15, 0.2) is 0 Å². The zero-order valence-electron chi connectivity index (χ0n) is 7.94. The predicted molar refractivity (Wildman–Crippen MR) is 49.3 cm³/mol. The zero-order valence-corrected chi connectivity index (χ0v) is 7.94. The number of hydrogen-bond acceptors (Lipinski definition) is 3. The van der Waals surface area contributed by atoms with E-state index >= 15 is 0 Å². The maximum Gasteiger partial charge on any atom is 0.319 e. The third-order valence-corrected chi connectivity index (χ3v) is 2.31. The molecule has 1 unspecified atom stereocenters. The van der Waals surface area contributed by atoms with E-state index in [0.29, 0.717) is 13.0 Å². The average molecular weight is 187 g/mol. The molecule has 1 aliphatic heterocycles. The summed E-state index contributed by atoms with van der Waals surface area (Å²) in [7, 11) is 1.79. The Morgan fingerprint density at radius 1 is 1.62 bits per heavy atom. The summed E-state index contributed by atoms with van der Waals surface area (Å²) in [5.41, 5.74) is 5.53. The monoisotopic (exact) mass is 187 g/mol. The van der Waals surface area contributed by atoms with Crippen LogP contribution in [0.4, 0.5) is 4.79 Å². The van der Waals surface area contributed by atoms with Gasteiger partial charge in [-0.25, -0.2) is 4.79 Å². The summed E-state index contributed by atoms with van der Waals surface area (Å²) in [4.78, 5) is 14.8. The Labute approximate surface area is 78.1 Å². The molecule has 0 saturated carbocycles. The fourth-order valence-electron chi connectivity index (χ4n) is 1.32. The minimum absolute atomic E-state index is 0.0160. The first kappa shape index (κ1) is 10.3. The van der Waals surface area contributed by atoms with Crippen LogP contribution in [0, 0.1) is 0 Å². The van der Waals surface area contributed by atoms with Crippen molar-refractivity contribution in [3.63, 3.8) is 0 Å². The molecule has 3 N–H and O–H groups in total. The summed E-state index contributed by atoms with van der Waals surface area (Å²) >= 11 is 0. The number of amides is 2. The summed E-state index contributed by atoms with van der Waals surface area (Å²) in [6, 6.07) is -0.149. The fraction of sp³-hybridized carbons (Fsp3) is 0.875. The summed E-state index contributed by atoms with van der Waals surface area (Å²) in [6.45, 7) is 2.18. The number of likely N-dealkylation sites (N-methyl/N-ethyl adjacent to an activating group) is 1. The van der Waals surface area contributed by atoms with Gasteiger partial charge in [0.25, 0.3) is 0 Å². The van der Waals surface area contributed by atoms with Gasteiger partial charge in [0.05, 0.1) is 6.61 Å². The number of aliphatic hydroxyl groups excluding tert-OH is 1. The van der Waals surface area contributed by atoms with Gasteiger partial charge in [0, 0.05) is 32.7 Å². The highest BCUT2D eigenvalue weighted by Gasteiger charge is 2.24. The lowest BCUT2D eigenvalue weighted by Gasteiger charge is -2.17. The molecule has 2 amide bonds. The Morgan fingerprint density at radius 3 is 2.77 bits per heavy atom. The lowest BCUT2D eigenvalue weighted by atomic mass is 10.2. The third kappa shape index (κ3) is 2.57. The van der Waals surface area contributed by atoms with E-state index in [4.69, 9.17) is 10.8 Å². The Hall–Kier alpha value is -0.810. The van der Waals surface area contributed by atoms with Crippen molar-refractivity contribution >= 4 is 6.03 Å². The van der Waals surface area contributed by atoms with Gasteiger partial charge in [0.15, 0.2) is 0 Å². The second kappa shape index (κ2) is 4.43. The molecule has 0 spiro atoms. The molecule has 1 aliphatic rings. The topological polar surface area (TPSA) is 69.8 Å². The Bertz CT molecular complexity index is 186. The van der Waals surface area contributed by atoms with Crippen molar-refractivity contribution in [2.75, 3.05) is 33.3 Å². The number of carbonyl (C=O) groups excluding carboxylic acids is 1. The number of nitrogens with zero attached hydrogens (tertiary/aromatic N) is 2. The number of nitrogens with two attached hydrogens (primary N) is 1. The molecular formula is C8H17N3O2. The largest absolute Gasteiger partial charge is 0.395 e. The first-order chi connectivity index (χ1) is 6.15. The number of aliphatic hydroxyl groups is 1. The van der Waals surface area contributed by atoms with Crippen molar-refractivity contribution in [3.05, 3.63) is 0 Å². The van der Waals surface area contributed by atoms with Crippen LogP contribution < -0.4 is 5.73 Å². The Balaban J connectivity index is 2.26. The van der Waals surface area contributed by atoms with Crippen LogP contribution in [0.1, 0.15) is 6.42 Å². The average Bonchev–Trinajstić information content (AvgIpc) is 2.44. The second-order valence-electron chi connectivity index (χ2n) is 3.42. The predicted octanol–water partition coefficient (Wildman–Crippen LogP) is -0.936. The first-order valence-electron chi connectivity index (χ1n) is 4.51. The molecule has 0 aromatic carbocycles. The molecule has 5 heteroatoms. The van der Waals surface area contributed by atoms with Crippen molar-refractivity contribution < 1.29 is 9.90 Å². The molecule has 1 heterocycles. The van der Waals surface area contributed by atoms with E-state index in [1.54, 1.807) is 16.8 Å². The van der Waals surface area contributed by atoms with Crippen LogP contribution in [0.5, 0.6) is 0 Å². The summed E-state index contributed by atoms with van der Waals surface area (Å²) in [6.07, 6.45) is 0.663. The highest BCUT2D eigenvalue weighted by molar-refractivity contribution is 5.76. The number of rotatable bonds is 4. The van der Waals surface area contributed by atoms with Gasteiger partial charge in [-0.15, -0.1) is 0 Å². The molecule has 5 nitrogen and oxygen atoms in total. The molecule has 1 rings (SSSR count). The van der Waals surface area contributed by atoms with Crippen molar-refractivity contribution in [1.82, 2.24) is 9.80 Å². The van der Waals surface area contributed by atoms with Gasteiger partial charge in [0.1, 0.15) is 0 Å². The maximum atomic E-state index is 11.4. The quantitative estimate of drug-likeness (QED) is 0.597. The van der Waals surface area contributed by atoms with Crippen LogP contribution in [-0.2, 0) is 0 Å². The van der Waals surface area contributed by atoms with Gasteiger partial charge in [-0.1, -0.05) is 0 Å². The molecule has 0 bridgehead atoms. The third-order valence-electron chi connectivity index (χ3n) is 2.31. The Morgan fingerprint density at radius 2 is 2.31 bits per heavy atom. The summed E-state index contributed by atoms with van der Waals surface area (Å²) < 4.78 is 0. The first-order valence-corrected chi connectivity index (χ1v) is 4.51. The molecule has 0 aromatic rings. The SMILES string of the molecule is CN1CCN(CCC(N)CO)C1=O. The van der Waals surface area contributed by atoms with Crippen LogP contribution >= 0.6 is 0 Å². The highest BCUT2D eigenvalue weighted by Crippen LogP contribution is 2.06. The molecule has 1 saturated heterocycles. The molecule has 0 aliphatic carbocycles. The summed E-state index contributed by atoms with van der Waals surface area (Å²) in [5, 5.41) is 8.69. The zero-order chi connectivity index (χ0) is 9.84. The standard InChI is InChI=1S/C8H17N3O2/c1-10-4-5-11(8(10)13)3-2-7(9)6-12/h7,12H,2-6,9H2,1H3. The number of carbonyl (C=O) groups is 1. The van der Waals surface area contributed by atoms with Gasteiger partial charge in [-0.2, -0.15) is 0 Å². The lowest BCUT2D eigenvalue weighted by molar-refractivity contribution is 0.193. The van der Waals surface area contributed by atoms with Crippen LogP contribution in [0.2, 0.25) is 0 Å². The normalized spacial score (nSPS) is 19.8. The minimum Gasteiger partial charge on any atom is -0.395 e. The fourth-order valence-corrected chi connectivity index (χ4v) is 1.32. The highest BCUT2D eigenvalue weighted by atomic mass is 16.3. The van der Waals surface area contributed by atoms with Gasteiger partial charge in [-0.05, 0) is 6.42 Å². The molecule has 13 heavy (non-hydrogen) atoms. The van der Waals surface area contributed by atoms with E-state index in [2.05, 4.69) is 0 Å². The smallest absolute Gasteiger partial charge is 0.319 e. The molecule has 0 radical (unpaired) electrons. The molecule has 76 valence electrons. The molecule has 1 atom stereocenters. The number of hydrogen-bond donors (Lipinski definition) is 2. The van der Waals surface area contributed by atoms with E-state index in [9.17, 15) is 4.79 Å². The maximum absolute atomic E-state index is 11.4. The van der Waals surface area contributed by atoms with E-state index in [1.165, 1.54) is 0 Å². The van der Waals surface area contributed by atoms with Crippen molar-refractivity contribution in [1.29, 1.82) is 0 Å². The Kier molecular flexibility index (Phi) is 3.50. The minimum atomic E-state index is -0.210. The van der Waals surface area contributed by atoms with Gasteiger partial charge < -0.3 is 20.6 Å². The van der Waals surface area contributed by atoms with Crippen LogP contribution in [-0.4, -0.2) is 60.3 Å². The van der Waals surface area contributed by atoms with E-state index < -0.39 is 0 Å². The van der Waals surface area contributed by atoms with Gasteiger partial charge in [0.2, 0.25) is 0 Å². The van der Waals surface area contributed by atoms with E-state index in [0.717, 1.165) is 13.1 Å². The van der Waals surface area contributed by atoms with Crippen molar-refractivity contribution in [2.45, 2.75) is 12.5 Å². The number of urea groups is 1. The molecule has 0 aromatic heterocycles. The van der Waals surface area contributed by atoms with Gasteiger partial charge in [-0.3, -0.25) is 0 Å². The molecule has 1 fully saturated rings. The van der Waals surface area contributed by atoms with E-state index in [-0.39, 0.29) is 18.7 Å². The van der Waals surface area contributed by atoms with Crippen molar-refractivity contribution in [3.8, 4) is 0 Å². The summed E-state index contributed by atoms with van der Waals surface area (Å²) in [5.74, 6) is 0. The second-order valence-corrected chi connectivity index (χ2v) is 3.42. The molecular weight excluding hydrogens is 170 g/mol. The van der Waals surface area contributed by atoms with Gasteiger partial charge >= 0.3 is 6.03 Å². The van der Waals surface area contributed by atoms with E-state index in [1.807, 2.05) is 0 Å². The lowest BCUT2D eigenvalue weighted by Crippen LogP contribution is -2.35. The van der Waals surface area contributed by atoms with Crippen LogP contribution in [0.3, 0.4) is 0 Å². The van der Waals surface area contributed by atoms with Crippen LogP contribution in [0.25, 0.3) is 0 Å².